The first-order chi connectivity index (χ1) is 11.6. The van der Waals surface area contributed by atoms with Gasteiger partial charge in [-0.05, 0) is 36.1 Å². The summed E-state index contributed by atoms with van der Waals surface area (Å²) in [4.78, 5) is 18.3. The van der Waals surface area contributed by atoms with E-state index in [4.69, 9.17) is 10.5 Å². The van der Waals surface area contributed by atoms with Crippen molar-refractivity contribution in [3.63, 3.8) is 0 Å². The van der Waals surface area contributed by atoms with E-state index in [1.165, 1.54) is 23.3 Å². The molecular weight excluding hydrogens is 340 g/mol. The van der Waals surface area contributed by atoms with Gasteiger partial charge in [0.25, 0.3) is 0 Å². The van der Waals surface area contributed by atoms with Crippen LogP contribution >= 0.6 is 23.1 Å². The molecule has 0 aliphatic heterocycles. The van der Waals surface area contributed by atoms with Crippen LogP contribution in [0.15, 0.2) is 53.4 Å². The third-order valence-corrected chi connectivity index (χ3v) is 5.25. The second kappa shape index (κ2) is 7.07. The third kappa shape index (κ3) is 3.29. The maximum absolute atomic E-state index is 11.6. The Kier molecular flexibility index (Phi) is 4.87. The molecule has 2 aromatic carbocycles. The first-order valence-corrected chi connectivity index (χ1v) is 9.26. The number of nitrogens with two attached hydrogens (primary N) is 1. The van der Waals surface area contributed by atoms with Crippen LogP contribution in [-0.4, -0.2) is 24.3 Å². The standard InChI is InChI=1S/C18H16N2O2S2/c1-22-17(21)13-5-3-11(4-6-13)15-16(24-18(19)20-15)12-7-9-14(23-2)10-8-12/h3-10H,1-2H3,(H2,19,20). The van der Waals surface area contributed by atoms with Gasteiger partial charge in [-0.2, -0.15) is 0 Å². The van der Waals surface area contributed by atoms with Gasteiger partial charge in [0.15, 0.2) is 5.13 Å². The van der Waals surface area contributed by atoms with Gasteiger partial charge >= 0.3 is 5.97 Å². The fourth-order valence-corrected chi connectivity index (χ4v) is 3.62. The minimum Gasteiger partial charge on any atom is -0.465 e. The van der Waals surface area contributed by atoms with E-state index in [-0.39, 0.29) is 5.97 Å². The van der Waals surface area contributed by atoms with Crippen molar-refractivity contribution in [3.8, 4) is 21.7 Å². The van der Waals surface area contributed by atoms with Crippen molar-refractivity contribution in [1.82, 2.24) is 4.98 Å². The number of rotatable bonds is 4. The molecule has 3 rings (SSSR count). The van der Waals surface area contributed by atoms with Gasteiger partial charge in [0.05, 0.1) is 23.2 Å². The lowest BCUT2D eigenvalue weighted by atomic mass is 10.1. The van der Waals surface area contributed by atoms with Crippen molar-refractivity contribution >= 4 is 34.2 Å². The van der Waals surface area contributed by atoms with E-state index in [9.17, 15) is 4.79 Å². The fourth-order valence-electron chi connectivity index (χ4n) is 2.35. The topological polar surface area (TPSA) is 65.2 Å². The molecule has 0 saturated heterocycles. The molecule has 0 saturated carbocycles. The molecule has 24 heavy (non-hydrogen) atoms. The molecule has 0 atom stereocenters. The van der Waals surface area contributed by atoms with Crippen molar-refractivity contribution in [2.24, 2.45) is 0 Å². The predicted molar refractivity (Wildman–Crippen MR) is 101 cm³/mol. The molecule has 0 unspecified atom stereocenters. The quantitative estimate of drug-likeness (QED) is 0.548. The number of aromatic nitrogens is 1. The number of nitrogen functional groups attached to an aromatic ring is 1. The lowest BCUT2D eigenvalue weighted by Crippen LogP contribution is -2.00. The number of carbonyl (C=O) groups excluding carboxylic acids is 1. The Morgan fingerprint density at radius 3 is 2.29 bits per heavy atom. The molecule has 0 spiro atoms. The highest BCUT2D eigenvalue weighted by molar-refractivity contribution is 7.98. The molecule has 6 heteroatoms. The van der Waals surface area contributed by atoms with Gasteiger partial charge in [-0.25, -0.2) is 9.78 Å². The molecule has 0 radical (unpaired) electrons. The first-order valence-electron chi connectivity index (χ1n) is 7.22. The van der Waals surface area contributed by atoms with Crippen LogP contribution in [0.25, 0.3) is 21.7 Å². The Hall–Kier alpha value is -2.31. The summed E-state index contributed by atoms with van der Waals surface area (Å²) in [5.74, 6) is -0.354. The number of carbonyl (C=O) groups is 1. The highest BCUT2D eigenvalue weighted by atomic mass is 32.2. The lowest BCUT2D eigenvalue weighted by molar-refractivity contribution is 0.0601. The van der Waals surface area contributed by atoms with Gasteiger partial charge < -0.3 is 10.5 Å². The van der Waals surface area contributed by atoms with Crippen LogP contribution in [0.3, 0.4) is 0 Å². The Labute approximate surface area is 148 Å². The number of thioether (sulfide) groups is 1. The Morgan fingerprint density at radius 2 is 1.71 bits per heavy atom. The lowest BCUT2D eigenvalue weighted by Gasteiger charge is -2.05. The summed E-state index contributed by atoms with van der Waals surface area (Å²) in [6.45, 7) is 0. The van der Waals surface area contributed by atoms with E-state index >= 15 is 0 Å². The maximum Gasteiger partial charge on any atom is 0.337 e. The molecular formula is C18H16N2O2S2. The molecule has 0 fully saturated rings. The molecule has 1 heterocycles. The predicted octanol–water partition coefficient (Wildman–Crippen LogP) is 4.57. The summed E-state index contributed by atoms with van der Waals surface area (Å²) in [6.07, 6.45) is 2.05. The smallest absolute Gasteiger partial charge is 0.337 e. The molecule has 0 aliphatic rings. The zero-order valence-electron chi connectivity index (χ0n) is 13.3. The average Bonchev–Trinajstić information content (AvgIpc) is 3.03. The van der Waals surface area contributed by atoms with Crippen molar-refractivity contribution in [1.29, 1.82) is 0 Å². The number of ether oxygens (including phenoxy) is 1. The molecule has 2 N–H and O–H groups in total. The molecule has 1 aromatic heterocycles. The monoisotopic (exact) mass is 356 g/mol. The maximum atomic E-state index is 11.6. The Balaban J connectivity index is 2.00. The number of thiazole rings is 1. The number of anilines is 1. The largest absolute Gasteiger partial charge is 0.465 e. The summed E-state index contributed by atoms with van der Waals surface area (Å²) in [5.41, 5.74) is 9.27. The minimum atomic E-state index is -0.354. The Morgan fingerprint density at radius 1 is 1.08 bits per heavy atom. The van der Waals surface area contributed by atoms with E-state index in [1.54, 1.807) is 23.9 Å². The van der Waals surface area contributed by atoms with Gasteiger partial charge in [-0.15, -0.1) is 11.8 Å². The number of hydrogen-bond donors (Lipinski definition) is 1. The Bertz CT molecular complexity index is 856. The molecule has 4 nitrogen and oxygen atoms in total. The van der Waals surface area contributed by atoms with Crippen LogP contribution in [0.4, 0.5) is 5.13 Å². The van der Waals surface area contributed by atoms with Crippen LogP contribution in [0.1, 0.15) is 10.4 Å². The molecule has 0 aliphatic carbocycles. The summed E-state index contributed by atoms with van der Waals surface area (Å²) >= 11 is 3.16. The van der Waals surface area contributed by atoms with Crippen LogP contribution in [0, 0.1) is 0 Å². The number of hydrogen-bond acceptors (Lipinski definition) is 6. The second-order valence-electron chi connectivity index (χ2n) is 5.03. The third-order valence-electron chi connectivity index (χ3n) is 3.58. The van der Waals surface area contributed by atoms with Crippen LogP contribution in [-0.2, 0) is 4.74 Å². The van der Waals surface area contributed by atoms with Crippen molar-refractivity contribution in [2.45, 2.75) is 4.90 Å². The average molecular weight is 356 g/mol. The van der Waals surface area contributed by atoms with Gasteiger partial charge in [-0.3, -0.25) is 0 Å². The van der Waals surface area contributed by atoms with Crippen LogP contribution in [0.2, 0.25) is 0 Å². The van der Waals surface area contributed by atoms with Crippen molar-refractivity contribution < 1.29 is 9.53 Å². The summed E-state index contributed by atoms with van der Waals surface area (Å²) in [5, 5.41) is 0.519. The number of methoxy groups -OCH3 is 1. The number of benzene rings is 2. The molecule has 0 bridgehead atoms. The molecule has 3 aromatic rings. The minimum absolute atomic E-state index is 0.354. The fraction of sp³-hybridized carbons (Fsp3) is 0.111. The van der Waals surface area contributed by atoms with Gasteiger partial charge in [0.1, 0.15) is 0 Å². The SMILES string of the molecule is COC(=O)c1ccc(-c2nc(N)sc2-c2ccc(SC)cc2)cc1. The summed E-state index contributed by atoms with van der Waals surface area (Å²) in [7, 11) is 1.37. The van der Waals surface area contributed by atoms with Crippen LogP contribution < -0.4 is 5.73 Å². The van der Waals surface area contributed by atoms with E-state index in [2.05, 4.69) is 29.2 Å². The summed E-state index contributed by atoms with van der Waals surface area (Å²) in [6, 6.07) is 15.5. The first kappa shape index (κ1) is 16.5. The summed E-state index contributed by atoms with van der Waals surface area (Å²) < 4.78 is 4.73. The van der Waals surface area contributed by atoms with Crippen molar-refractivity contribution in [2.75, 3.05) is 19.1 Å². The van der Waals surface area contributed by atoms with Crippen LogP contribution in [0.5, 0.6) is 0 Å². The van der Waals surface area contributed by atoms with E-state index in [0.717, 1.165) is 21.7 Å². The van der Waals surface area contributed by atoms with Gasteiger partial charge in [-0.1, -0.05) is 35.6 Å². The normalized spacial score (nSPS) is 10.6. The highest BCUT2D eigenvalue weighted by Gasteiger charge is 2.14. The number of nitrogens with zero attached hydrogens (tertiary/aromatic N) is 1. The zero-order valence-corrected chi connectivity index (χ0v) is 14.9. The van der Waals surface area contributed by atoms with E-state index in [0.29, 0.717) is 10.7 Å². The number of esters is 1. The van der Waals surface area contributed by atoms with Gasteiger partial charge in [0, 0.05) is 10.5 Å². The van der Waals surface area contributed by atoms with E-state index < -0.39 is 0 Å². The second-order valence-corrected chi connectivity index (χ2v) is 6.94. The van der Waals surface area contributed by atoms with Gasteiger partial charge in [0.2, 0.25) is 0 Å². The molecule has 122 valence electrons. The van der Waals surface area contributed by atoms with Crippen molar-refractivity contribution in [3.05, 3.63) is 54.1 Å². The molecule has 0 amide bonds. The van der Waals surface area contributed by atoms with E-state index in [1.807, 2.05) is 18.4 Å². The zero-order chi connectivity index (χ0) is 17.1. The highest BCUT2D eigenvalue weighted by Crippen LogP contribution is 2.38.